The van der Waals surface area contributed by atoms with E-state index in [9.17, 15) is 5.11 Å². The summed E-state index contributed by atoms with van der Waals surface area (Å²) in [6.07, 6.45) is 2.12. The van der Waals surface area contributed by atoms with Crippen LogP contribution in [0.25, 0.3) is 0 Å². The molecule has 0 saturated heterocycles. The molecule has 15 heavy (non-hydrogen) atoms. The average molecular weight is 205 g/mol. The van der Waals surface area contributed by atoms with Gasteiger partial charge in [0.2, 0.25) is 0 Å². The summed E-state index contributed by atoms with van der Waals surface area (Å²) in [6.45, 7) is 5.38. The summed E-state index contributed by atoms with van der Waals surface area (Å²) < 4.78 is 0. The molecule has 0 amide bonds. The zero-order valence-electron chi connectivity index (χ0n) is 9.46. The molecule has 0 saturated carbocycles. The predicted octanol–water partition coefficient (Wildman–Crippen LogP) is 2.11. The van der Waals surface area contributed by atoms with E-state index in [1.54, 1.807) is 6.07 Å². The molecule has 1 aromatic rings. The fourth-order valence-corrected chi connectivity index (χ4v) is 2.27. The summed E-state index contributed by atoms with van der Waals surface area (Å²) in [5.41, 5.74) is 2.48. The van der Waals surface area contributed by atoms with Gasteiger partial charge >= 0.3 is 0 Å². The van der Waals surface area contributed by atoms with E-state index in [0.717, 1.165) is 24.9 Å². The largest absolute Gasteiger partial charge is 0.508 e. The summed E-state index contributed by atoms with van der Waals surface area (Å²) in [4.78, 5) is 0. The van der Waals surface area contributed by atoms with Gasteiger partial charge in [0, 0.05) is 6.04 Å². The molecule has 0 heterocycles. The summed E-state index contributed by atoms with van der Waals surface area (Å²) >= 11 is 0. The third kappa shape index (κ3) is 2.32. The second kappa shape index (κ2) is 4.23. The van der Waals surface area contributed by atoms with Gasteiger partial charge in [0.1, 0.15) is 5.75 Å². The first-order valence-electron chi connectivity index (χ1n) is 5.70. The molecule has 1 unspecified atom stereocenters. The van der Waals surface area contributed by atoms with Gasteiger partial charge in [-0.3, -0.25) is 0 Å². The Morgan fingerprint density at radius 1 is 1.40 bits per heavy atom. The number of phenolic OH excluding ortho intramolecular Hbond substituents is 1. The van der Waals surface area contributed by atoms with E-state index in [-0.39, 0.29) is 0 Å². The smallest absolute Gasteiger partial charge is 0.119 e. The Labute approximate surface area is 91.3 Å². The quantitative estimate of drug-likeness (QED) is 0.792. The van der Waals surface area contributed by atoms with Crippen molar-refractivity contribution in [3.05, 3.63) is 29.3 Å². The molecule has 82 valence electrons. The highest BCUT2D eigenvalue weighted by atomic mass is 16.3. The van der Waals surface area contributed by atoms with E-state index in [2.05, 4.69) is 25.2 Å². The molecule has 1 aliphatic rings. The van der Waals surface area contributed by atoms with Crippen molar-refractivity contribution in [3.63, 3.8) is 0 Å². The minimum absolute atomic E-state index is 0.472. The highest BCUT2D eigenvalue weighted by molar-refractivity contribution is 5.42. The molecule has 1 aliphatic carbocycles. The Kier molecular flexibility index (Phi) is 2.96. The SMILES string of the molecule is CC(C)NCC1Cc2cccc(O)c2C1. The molecule has 0 bridgehead atoms. The standard InChI is InChI=1S/C13H19NO/c1-9(2)14-8-10-6-11-4-3-5-13(15)12(11)7-10/h3-5,9-10,14-15H,6-8H2,1-2H3. The highest BCUT2D eigenvalue weighted by Crippen LogP contribution is 2.32. The Morgan fingerprint density at radius 3 is 2.87 bits per heavy atom. The topological polar surface area (TPSA) is 32.3 Å². The summed E-state index contributed by atoms with van der Waals surface area (Å²) in [6, 6.07) is 6.40. The summed E-state index contributed by atoms with van der Waals surface area (Å²) in [7, 11) is 0. The van der Waals surface area contributed by atoms with Crippen LogP contribution in [0, 0.1) is 5.92 Å². The molecule has 2 nitrogen and oxygen atoms in total. The minimum atomic E-state index is 0.472. The van der Waals surface area contributed by atoms with E-state index < -0.39 is 0 Å². The zero-order chi connectivity index (χ0) is 10.8. The first kappa shape index (κ1) is 10.5. The van der Waals surface area contributed by atoms with Crippen LogP contribution in [0.3, 0.4) is 0 Å². The fourth-order valence-electron chi connectivity index (χ4n) is 2.27. The molecule has 1 aromatic carbocycles. The summed E-state index contributed by atoms with van der Waals surface area (Å²) in [5.74, 6) is 1.12. The molecule has 2 heteroatoms. The fraction of sp³-hybridized carbons (Fsp3) is 0.538. The van der Waals surface area contributed by atoms with E-state index in [0.29, 0.717) is 17.7 Å². The van der Waals surface area contributed by atoms with Crippen molar-refractivity contribution in [1.82, 2.24) is 5.32 Å². The van der Waals surface area contributed by atoms with Crippen LogP contribution in [0.15, 0.2) is 18.2 Å². The van der Waals surface area contributed by atoms with Crippen molar-refractivity contribution in [2.24, 2.45) is 5.92 Å². The number of benzene rings is 1. The van der Waals surface area contributed by atoms with Crippen LogP contribution < -0.4 is 5.32 Å². The van der Waals surface area contributed by atoms with Crippen molar-refractivity contribution >= 4 is 0 Å². The third-order valence-electron chi connectivity index (χ3n) is 3.06. The lowest BCUT2D eigenvalue weighted by atomic mass is 10.1. The van der Waals surface area contributed by atoms with Crippen LogP contribution >= 0.6 is 0 Å². The van der Waals surface area contributed by atoms with Gasteiger partial charge in [0.05, 0.1) is 0 Å². The van der Waals surface area contributed by atoms with Crippen LogP contribution in [0.2, 0.25) is 0 Å². The van der Waals surface area contributed by atoms with E-state index in [1.165, 1.54) is 5.56 Å². The summed E-state index contributed by atoms with van der Waals surface area (Å²) in [5, 5.41) is 13.2. The Balaban J connectivity index is 2.00. The van der Waals surface area contributed by atoms with Gasteiger partial charge in [-0.15, -0.1) is 0 Å². The van der Waals surface area contributed by atoms with Crippen LogP contribution in [0.1, 0.15) is 25.0 Å². The monoisotopic (exact) mass is 205 g/mol. The molecule has 2 rings (SSSR count). The molecule has 0 aromatic heterocycles. The van der Waals surface area contributed by atoms with Gasteiger partial charge in [0.15, 0.2) is 0 Å². The van der Waals surface area contributed by atoms with Crippen molar-refractivity contribution in [2.75, 3.05) is 6.54 Å². The number of fused-ring (bicyclic) bond motifs is 1. The molecule has 0 fully saturated rings. The van der Waals surface area contributed by atoms with Crippen LogP contribution in [0.4, 0.5) is 0 Å². The maximum Gasteiger partial charge on any atom is 0.119 e. The van der Waals surface area contributed by atoms with Crippen molar-refractivity contribution in [2.45, 2.75) is 32.7 Å². The number of nitrogens with one attached hydrogen (secondary N) is 1. The zero-order valence-corrected chi connectivity index (χ0v) is 9.46. The molecular formula is C13H19NO. The highest BCUT2D eigenvalue weighted by Gasteiger charge is 2.23. The Morgan fingerprint density at radius 2 is 2.20 bits per heavy atom. The number of hydrogen-bond acceptors (Lipinski definition) is 2. The third-order valence-corrected chi connectivity index (χ3v) is 3.06. The first-order chi connectivity index (χ1) is 7.16. The Hall–Kier alpha value is -1.02. The van der Waals surface area contributed by atoms with E-state index in [1.807, 2.05) is 6.07 Å². The average Bonchev–Trinajstić information content (AvgIpc) is 2.59. The normalized spacial score (nSPS) is 19.5. The molecule has 0 radical (unpaired) electrons. The van der Waals surface area contributed by atoms with Gasteiger partial charge in [0.25, 0.3) is 0 Å². The van der Waals surface area contributed by atoms with E-state index >= 15 is 0 Å². The van der Waals surface area contributed by atoms with Crippen LogP contribution in [-0.4, -0.2) is 17.7 Å². The lowest BCUT2D eigenvalue weighted by molar-refractivity contribution is 0.449. The number of aromatic hydroxyl groups is 1. The van der Waals surface area contributed by atoms with Gasteiger partial charge in [-0.1, -0.05) is 26.0 Å². The minimum Gasteiger partial charge on any atom is -0.508 e. The molecule has 2 N–H and O–H groups in total. The van der Waals surface area contributed by atoms with Gasteiger partial charge in [-0.05, 0) is 42.5 Å². The van der Waals surface area contributed by atoms with Gasteiger partial charge in [-0.25, -0.2) is 0 Å². The van der Waals surface area contributed by atoms with Crippen LogP contribution in [0.5, 0.6) is 5.75 Å². The number of phenols is 1. The van der Waals surface area contributed by atoms with Crippen molar-refractivity contribution < 1.29 is 5.11 Å². The second-order valence-electron chi connectivity index (χ2n) is 4.75. The van der Waals surface area contributed by atoms with Crippen molar-refractivity contribution in [1.29, 1.82) is 0 Å². The molecule has 0 aliphatic heterocycles. The maximum atomic E-state index is 9.71. The van der Waals surface area contributed by atoms with Crippen molar-refractivity contribution in [3.8, 4) is 5.75 Å². The van der Waals surface area contributed by atoms with E-state index in [4.69, 9.17) is 0 Å². The molecule has 0 spiro atoms. The second-order valence-corrected chi connectivity index (χ2v) is 4.75. The Bertz CT molecular complexity index is 346. The first-order valence-corrected chi connectivity index (χ1v) is 5.70. The maximum absolute atomic E-state index is 9.71. The van der Waals surface area contributed by atoms with Crippen LogP contribution in [-0.2, 0) is 12.8 Å². The molecular weight excluding hydrogens is 186 g/mol. The number of rotatable bonds is 3. The van der Waals surface area contributed by atoms with Gasteiger partial charge < -0.3 is 10.4 Å². The number of hydrogen-bond donors (Lipinski definition) is 2. The lowest BCUT2D eigenvalue weighted by Crippen LogP contribution is -2.29. The molecule has 1 atom stereocenters. The predicted molar refractivity (Wildman–Crippen MR) is 62.1 cm³/mol. The van der Waals surface area contributed by atoms with Gasteiger partial charge in [-0.2, -0.15) is 0 Å². The lowest BCUT2D eigenvalue weighted by Gasteiger charge is -2.12.